The van der Waals surface area contributed by atoms with Crippen molar-refractivity contribution in [3.63, 3.8) is 0 Å². The Morgan fingerprint density at radius 2 is 2.05 bits per heavy atom. The van der Waals surface area contributed by atoms with Gasteiger partial charge in [-0.3, -0.25) is 4.79 Å². The molecule has 0 aliphatic heterocycles. The molecule has 0 bridgehead atoms. The van der Waals surface area contributed by atoms with Crippen molar-refractivity contribution in [1.82, 2.24) is 4.90 Å². The lowest BCUT2D eigenvalue weighted by Gasteiger charge is -2.29. The van der Waals surface area contributed by atoms with Gasteiger partial charge in [0.2, 0.25) is 0 Å². The van der Waals surface area contributed by atoms with E-state index in [9.17, 15) is 9.90 Å². The Bertz CT molecular complexity index is 492. The molecular weight excluding hydrogens is 254 g/mol. The first kappa shape index (κ1) is 14.9. The van der Waals surface area contributed by atoms with Crippen LogP contribution >= 0.6 is 0 Å². The summed E-state index contributed by atoms with van der Waals surface area (Å²) < 4.78 is 5.26. The minimum absolute atomic E-state index is 0.106. The Hall–Kier alpha value is -1.55. The van der Waals surface area contributed by atoms with Crippen molar-refractivity contribution in [1.29, 1.82) is 0 Å². The second-order valence-electron chi connectivity index (χ2n) is 5.80. The maximum Gasteiger partial charge on any atom is 0.257 e. The van der Waals surface area contributed by atoms with E-state index in [0.717, 1.165) is 31.2 Å². The van der Waals surface area contributed by atoms with Crippen molar-refractivity contribution >= 4 is 5.91 Å². The Labute approximate surface area is 120 Å². The van der Waals surface area contributed by atoms with Gasteiger partial charge in [-0.25, -0.2) is 0 Å². The molecule has 1 saturated carbocycles. The molecule has 0 radical (unpaired) electrons. The van der Waals surface area contributed by atoms with Gasteiger partial charge in [-0.15, -0.1) is 0 Å². The van der Waals surface area contributed by atoms with Crippen molar-refractivity contribution in [2.75, 3.05) is 20.7 Å². The van der Waals surface area contributed by atoms with Gasteiger partial charge in [0.25, 0.3) is 5.91 Å². The highest BCUT2D eigenvalue weighted by molar-refractivity contribution is 5.97. The zero-order chi connectivity index (χ0) is 14.8. The maximum absolute atomic E-state index is 12.5. The highest BCUT2D eigenvalue weighted by Gasteiger charge is 2.34. The largest absolute Gasteiger partial charge is 0.496 e. The first-order chi connectivity index (χ1) is 9.45. The molecule has 1 aliphatic carbocycles. The first-order valence-corrected chi connectivity index (χ1v) is 7.08. The van der Waals surface area contributed by atoms with Gasteiger partial charge >= 0.3 is 0 Å². The average molecular weight is 277 g/mol. The molecular formula is C16H23NO3. The van der Waals surface area contributed by atoms with Gasteiger partial charge < -0.3 is 14.7 Å². The topological polar surface area (TPSA) is 49.8 Å². The van der Waals surface area contributed by atoms with Gasteiger partial charge in [0.15, 0.2) is 0 Å². The zero-order valence-corrected chi connectivity index (χ0v) is 12.5. The minimum Gasteiger partial charge on any atom is -0.496 e. The van der Waals surface area contributed by atoms with E-state index in [4.69, 9.17) is 4.74 Å². The SMILES string of the molecule is COc1ccc(C)cc1C(=O)N(C)CC1(O)CCCC1. The van der Waals surface area contributed by atoms with Crippen LogP contribution in [-0.4, -0.2) is 42.2 Å². The van der Waals surface area contributed by atoms with Gasteiger partial charge in [0.05, 0.1) is 18.3 Å². The van der Waals surface area contributed by atoms with Gasteiger partial charge in [-0.2, -0.15) is 0 Å². The van der Waals surface area contributed by atoms with E-state index in [1.165, 1.54) is 0 Å². The van der Waals surface area contributed by atoms with Crippen LogP contribution < -0.4 is 4.74 Å². The number of methoxy groups -OCH3 is 1. The summed E-state index contributed by atoms with van der Waals surface area (Å²) in [5.41, 5.74) is 0.848. The van der Waals surface area contributed by atoms with E-state index >= 15 is 0 Å². The number of aliphatic hydroxyl groups is 1. The number of likely N-dealkylation sites (N-methyl/N-ethyl adjacent to an activating group) is 1. The van der Waals surface area contributed by atoms with Crippen LogP contribution in [-0.2, 0) is 0 Å². The fraction of sp³-hybridized carbons (Fsp3) is 0.562. The van der Waals surface area contributed by atoms with E-state index in [2.05, 4.69) is 0 Å². The van der Waals surface area contributed by atoms with Crippen molar-refractivity contribution in [3.05, 3.63) is 29.3 Å². The van der Waals surface area contributed by atoms with E-state index in [1.54, 1.807) is 25.1 Å². The van der Waals surface area contributed by atoms with Crippen LogP contribution in [0.25, 0.3) is 0 Å². The molecule has 0 aromatic heterocycles. The minimum atomic E-state index is -0.721. The molecule has 0 atom stereocenters. The van der Waals surface area contributed by atoms with Crippen molar-refractivity contribution in [2.24, 2.45) is 0 Å². The molecule has 2 rings (SSSR count). The summed E-state index contributed by atoms with van der Waals surface area (Å²) in [6.07, 6.45) is 3.61. The summed E-state index contributed by atoms with van der Waals surface area (Å²) >= 11 is 0. The molecule has 110 valence electrons. The third-order valence-corrected chi connectivity index (χ3v) is 4.00. The van der Waals surface area contributed by atoms with Gasteiger partial charge in [0.1, 0.15) is 5.75 Å². The van der Waals surface area contributed by atoms with E-state index in [0.29, 0.717) is 17.9 Å². The molecule has 4 nitrogen and oxygen atoms in total. The molecule has 0 saturated heterocycles. The third-order valence-electron chi connectivity index (χ3n) is 4.00. The lowest BCUT2D eigenvalue weighted by Crippen LogP contribution is -2.42. The number of ether oxygens (including phenoxy) is 1. The Balaban J connectivity index is 2.16. The van der Waals surface area contributed by atoms with Crippen LogP contribution in [0.4, 0.5) is 0 Å². The van der Waals surface area contributed by atoms with Crippen molar-refractivity contribution in [2.45, 2.75) is 38.2 Å². The molecule has 4 heteroatoms. The third kappa shape index (κ3) is 3.12. The molecule has 1 aromatic rings. The number of carbonyl (C=O) groups is 1. The van der Waals surface area contributed by atoms with Crippen LogP contribution in [0.15, 0.2) is 18.2 Å². The van der Waals surface area contributed by atoms with Gasteiger partial charge in [0, 0.05) is 13.6 Å². The summed E-state index contributed by atoms with van der Waals surface area (Å²) in [7, 11) is 3.30. The molecule has 1 aromatic carbocycles. The highest BCUT2D eigenvalue weighted by atomic mass is 16.5. The van der Waals surface area contributed by atoms with Crippen LogP contribution in [0.3, 0.4) is 0 Å². The van der Waals surface area contributed by atoms with Crippen molar-refractivity contribution in [3.8, 4) is 5.75 Å². The number of amides is 1. The average Bonchev–Trinajstić information content (AvgIpc) is 2.84. The summed E-state index contributed by atoms with van der Waals surface area (Å²) in [6, 6.07) is 5.55. The Morgan fingerprint density at radius 1 is 1.40 bits per heavy atom. The number of hydrogen-bond acceptors (Lipinski definition) is 3. The smallest absolute Gasteiger partial charge is 0.257 e. The van der Waals surface area contributed by atoms with Crippen molar-refractivity contribution < 1.29 is 14.6 Å². The Kier molecular flexibility index (Phi) is 4.33. The predicted molar refractivity (Wildman–Crippen MR) is 78.1 cm³/mol. The Morgan fingerprint density at radius 3 is 2.65 bits per heavy atom. The zero-order valence-electron chi connectivity index (χ0n) is 12.5. The number of aryl methyl sites for hydroxylation is 1. The molecule has 0 spiro atoms. The number of hydrogen-bond donors (Lipinski definition) is 1. The second kappa shape index (κ2) is 5.83. The summed E-state index contributed by atoms with van der Waals surface area (Å²) in [4.78, 5) is 14.1. The standard InChI is InChI=1S/C16H23NO3/c1-12-6-7-14(20-3)13(10-12)15(18)17(2)11-16(19)8-4-5-9-16/h6-7,10,19H,4-5,8-9,11H2,1-3H3. The summed E-state index contributed by atoms with van der Waals surface area (Å²) in [5.74, 6) is 0.469. The van der Waals surface area contributed by atoms with Gasteiger partial charge in [-0.05, 0) is 31.9 Å². The molecule has 0 heterocycles. The lowest BCUT2D eigenvalue weighted by molar-refractivity contribution is 0.0155. The van der Waals surface area contributed by atoms with Crippen LogP contribution in [0.5, 0.6) is 5.75 Å². The first-order valence-electron chi connectivity index (χ1n) is 7.08. The normalized spacial score (nSPS) is 17.0. The monoisotopic (exact) mass is 277 g/mol. The molecule has 20 heavy (non-hydrogen) atoms. The van der Waals surface area contributed by atoms with Crippen LogP contribution in [0.2, 0.25) is 0 Å². The number of rotatable bonds is 4. The van der Waals surface area contributed by atoms with Crippen LogP contribution in [0.1, 0.15) is 41.6 Å². The van der Waals surface area contributed by atoms with Gasteiger partial charge in [-0.1, -0.05) is 24.5 Å². The fourth-order valence-electron chi connectivity index (χ4n) is 2.90. The predicted octanol–water partition coefficient (Wildman–Crippen LogP) is 2.38. The molecule has 0 unspecified atom stereocenters. The lowest BCUT2D eigenvalue weighted by atomic mass is 10.0. The fourth-order valence-corrected chi connectivity index (χ4v) is 2.90. The maximum atomic E-state index is 12.5. The van der Waals surface area contributed by atoms with E-state index < -0.39 is 5.60 Å². The van der Waals surface area contributed by atoms with E-state index in [-0.39, 0.29) is 5.91 Å². The molecule has 1 aliphatic rings. The number of carbonyl (C=O) groups excluding carboxylic acids is 1. The molecule has 1 amide bonds. The summed E-state index contributed by atoms with van der Waals surface area (Å²) in [5, 5.41) is 10.4. The van der Waals surface area contributed by atoms with Crippen LogP contribution in [0, 0.1) is 6.92 Å². The number of benzene rings is 1. The number of nitrogens with zero attached hydrogens (tertiary/aromatic N) is 1. The second-order valence-corrected chi connectivity index (χ2v) is 5.80. The highest BCUT2D eigenvalue weighted by Crippen LogP contribution is 2.30. The quantitative estimate of drug-likeness (QED) is 0.919. The van der Waals surface area contributed by atoms with E-state index in [1.807, 2.05) is 19.1 Å². The summed E-state index contributed by atoms with van der Waals surface area (Å²) in [6.45, 7) is 2.32. The molecule has 1 fully saturated rings. The molecule has 1 N–H and O–H groups in total.